The summed E-state index contributed by atoms with van der Waals surface area (Å²) in [6, 6.07) is 10.8. The van der Waals surface area contributed by atoms with Crippen molar-refractivity contribution in [1.82, 2.24) is 5.32 Å². The minimum atomic E-state index is -0.306. The highest BCUT2D eigenvalue weighted by molar-refractivity contribution is 7.17. The number of nitrogens with one attached hydrogen (secondary N) is 1. The number of halogens is 1. The molecule has 1 atom stereocenters. The van der Waals surface area contributed by atoms with Crippen LogP contribution in [0.5, 0.6) is 0 Å². The number of carbonyl (C=O) groups excluding carboxylic acids is 2. The van der Waals surface area contributed by atoms with Gasteiger partial charge in [-0.15, -0.1) is 16.3 Å². The van der Waals surface area contributed by atoms with E-state index >= 15 is 0 Å². The van der Waals surface area contributed by atoms with E-state index in [0.29, 0.717) is 35.5 Å². The number of hydrogen-bond acceptors (Lipinski definition) is 7. The number of hydrogen-bond donors (Lipinski definition) is 1. The van der Waals surface area contributed by atoms with Crippen LogP contribution in [-0.4, -0.2) is 50.8 Å². The lowest BCUT2D eigenvalue weighted by molar-refractivity contribution is -0.281. The van der Waals surface area contributed by atoms with Gasteiger partial charge in [-0.3, -0.25) is 9.59 Å². The van der Waals surface area contributed by atoms with Crippen LogP contribution in [-0.2, 0) is 19.4 Å². The summed E-state index contributed by atoms with van der Waals surface area (Å²) in [4.78, 5) is 36.8. The zero-order valence-electron chi connectivity index (χ0n) is 14.8. The number of ether oxygens (including phenoxy) is 1. The monoisotopic (exact) mass is 423 g/mol. The lowest BCUT2D eigenvalue weighted by Gasteiger charge is -2.27. The number of anilines is 2. The molecule has 0 spiro atoms. The van der Waals surface area contributed by atoms with E-state index in [9.17, 15) is 9.59 Å². The molecule has 0 radical (unpaired) electrons. The number of amides is 2. The SMILES string of the molecule is O=C(NC[C@H]1CN(c2ccc(N3CCOCC3=O)cc2)OO1)c1ccc(Cl)s1. The first-order chi connectivity index (χ1) is 13.6. The summed E-state index contributed by atoms with van der Waals surface area (Å²) in [5, 5.41) is 4.41. The maximum absolute atomic E-state index is 12.1. The van der Waals surface area contributed by atoms with Crippen LogP contribution in [0.3, 0.4) is 0 Å². The summed E-state index contributed by atoms with van der Waals surface area (Å²) in [5.74, 6) is -0.249. The maximum Gasteiger partial charge on any atom is 0.261 e. The van der Waals surface area contributed by atoms with E-state index in [2.05, 4.69) is 5.32 Å². The van der Waals surface area contributed by atoms with Gasteiger partial charge in [-0.25, -0.2) is 9.95 Å². The quantitative estimate of drug-likeness (QED) is 0.743. The highest BCUT2D eigenvalue weighted by Crippen LogP contribution is 2.25. The maximum atomic E-state index is 12.1. The predicted octanol–water partition coefficient (Wildman–Crippen LogP) is 2.25. The number of rotatable bonds is 5. The Hall–Kier alpha value is -2.17. The number of morpholine rings is 1. The molecule has 4 rings (SSSR count). The fraction of sp³-hybridized carbons (Fsp3) is 0.333. The molecular weight excluding hydrogens is 406 g/mol. The highest BCUT2D eigenvalue weighted by atomic mass is 35.5. The van der Waals surface area contributed by atoms with Crippen LogP contribution in [0.15, 0.2) is 36.4 Å². The smallest absolute Gasteiger partial charge is 0.261 e. The van der Waals surface area contributed by atoms with Gasteiger partial charge in [0, 0.05) is 18.8 Å². The molecule has 0 aliphatic carbocycles. The first kappa shape index (κ1) is 19.2. The third kappa shape index (κ3) is 4.29. The first-order valence-corrected chi connectivity index (χ1v) is 9.92. The lowest BCUT2D eigenvalue weighted by atomic mass is 10.2. The standard InChI is InChI=1S/C18H18ClN3O5S/c19-16-6-5-15(28-16)18(24)20-9-14-10-22(27-26-14)13-3-1-12(2-4-13)21-7-8-25-11-17(21)23/h1-6,14H,7-11H2,(H,20,24)/t14-/m0/s1. The van der Waals surface area contributed by atoms with Crippen LogP contribution in [0, 0.1) is 0 Å². The minimum absolute atomic E-state index is 0.0532. The van der Waals surface area contributed by atoms with Crippen molar-refractivity contribution in [3.05, 3.63) is 45.6 Å². The molecule has 0 saturated carbocycles. The van der Waals surface area contributed by atoms with Crippen molar-refractivity contribution >= 4 is 46.1 Å². The summed E-state index contributed by atoms with van der Waals surface area (Å²) < 4.78 is 5.72. The molecule has 2 fully saturated rings. The fourth-order valence-electron chi connectivity index (χ4n) is 2.93. The van der Waals surface area contributed by atoms with Crippen molar-refractivity contribution in [3.63, 3.8) is 0 Å². The van der Waals surface area contributed by atoms with Crippen molar-refractivity contribution in [2.75, 3.05) is 42.8 Å². The summed E-state index contributed by atoms with van der Waals surface area (Å²) in [7, 11) is 0. The predicted molar refractivity (Wildman–Crippen MR) is 105 cm³/mol. The van der Waals surface area contributed by atoms with E-state index in [1.165, 1.54) is 11.3 Å². The summed E-state index contributed by atoms with van der Waals surface area (Å²) >= 11 is 7.07. The molecule has 28 heavy (non-hydrogen) atoms. The number of carbonyl (C=O) groups is 2. The number of nitrogens with zero attached hydrogens (tertiary/aromatic N) is 2. The molecule has 2 aliphatic rings. The Morgan fingerprint density at radius 3 is 2.71 bits per heavy atom. The largest absolute Gasteiger partial charge is 0.370 e. The molecule has 1 aromatic carbocycles. The van der Waals surface area contributed by atoms with Crippen LogP contribution >= 0.6 is 22.9 Å². The fourth-order valence-corrected chi connectivity index (χ4v) is 3.88. The Kier molecular flexibility index (Phi) is 5.79. The third-order valence-corrected chi connectivity index (χ3v) is 5.59. The summed E-state index contributed by atoms with van der Waals surface area (Å²) in [5.41, 5.74) is 1.61. The highest BCUT2D eigenvalue weighted by Gasteiger charge is 2.27. The second-order valence-electron chi connectivity index (χ2n) is 6.28. The van der Waals surface area contributed by atoms with Crippen molar-refractivity contribution in [2.45, 2.75) is 6.10 Å². The van der Waals surface area contributed by atoms with E-state index in [-0.39, 0.29) is 24.5 Å². The van der Waals surface area contributed by atoms with Crippen molar-refractivity contribution in [1.29, 1.82) is 0 Å². The van der Waals surface area contributed by atoms with Gasteiger partial charge in [0.25, 0.3) is 11.8 Å². The third-order valence-electron chi connectivity index (χ3n) is 4.36. The van der Waals surface area contributed by atoms with Gasteiger partial charge >= 0.3 is 0 Å². The van der Waals surface area contributed by atoms with E-state index in [4.69, 9.17) is 26.2 Å². The normalized spacial score (nSPS) is 19.9. The minimum Gasteiger partial charge on any atom is -0.370 e. The molecular formula is C18H18ClN3O5S. The van der Waals surface area contributed by atoms with Crippen LogP contribution in [0.25, 0.3) is 0 Å². The van der Waals surface area contributed by atoms with Crippen LogP contribution in [0.2, 0.25) is 4.34 Å². The van der Waals surface area contributed by atoms with E-state index in [0.717, 1.165) is 11.4 Å². The molecule has 3 heterocycles. The average molecular weight is 424 g/mol. The van der Waals surface area contributed by atoms with Crippen molar-refractivity contribution < 1.29 is 24.2 Å². The zero-order valence-corrected chi connectivity index (χ0v) is 16.4. The average Bonchev–Trinajstić information content (AvgIpc) is 3.36. The lowest BCUT2D eigenvalue weighted by Crippen LogP contribution is -2.41. The summed E-state index contributed by atoms with van der Waals surface area (Å²) in [6.45, 7) is 1.95. The van der Waals surface area contributed by atoms with Crippen LogP contribution in [0.1, 0.15) is 9.67 Å². The van der Waals surface area contributed by atoms with Gasteiger partial charge in [0.2, 0.25) is 0 Å². The van der Waals surface area contributed by atoms with E-state index < -0.39 is 0 Å². The summed E-state index contributed by atoms with van der Waals surface area (Å²) in [6.07, 6.45) is -0.306. The van der Waals surface area contributed by atoms with Gasteiger partial charge in [0.05, 0.1) is 28.1 Å². The molecule has 2 amide bonds. The number of benzene rings is 1. The first-order valence-electron chi connectivity index (χ1n) is 8.73. The van der Waals surface area contributed by atoms with Crippen molar-refractivity contribution in [3.8, 4) is 0 Å². The zero-order chi connectivity index (χ0) is 19.5. The molecule has 1 aromatic heterocycles. The molecule has 10 heteroatoms. The molecule has 148 valence electrons. The van der Waals surface area contributed by atoms with Crippen LogP contribution in [0.4, 0.5) is 11.4 Å². The molecule has 1 N–H and O–H groups in total. The van der Waals surface area contributed by atoms with Crippen LogP contribution < -0.4 is 15.3 Å². The topological polar surface area (TPSA) is 80.3 Å². The second-order valence-corrected chi connectivity index (χ2v) is 8.00. The molecule has 2 aliphatic heterocycles. The second kappa shape index (κ2) is 8.46. The molecule has 0 bridgehead atoms. The molecule has 0 unspecified atom stereocenters. The Labute approximate surface area is 170 Å². The molecule has 8 nitrogen and oxygen atoms in total. The number of hydroxylamine groups is 1. The van der Waals surface area contributed by atoms with Gasteiger partial charge in [-0.2, -0.15) is 0 Å². The Morgan fingerprint density at radius 1 is 1.21 bits per heavy atom. The number of thiophene rings is 1. The Bertz CT molecular complexity index is 859. The molecule has 2 aromatic rings. The Balaban J connectivity index is 1.30. The van der Waals surface area contributed by atoms with Gasteiger partial charge in [0.1, 0.15) is 12.7 Å². The van der Waals surface area contributed by atoms with Gasteiger partial charge in [-0.05, 0) is 36.4 Å². The molecule has 2 saturated heterocycles. The van der Waals surface area contributed by atoms with Gasteiger partial charge in [-0.1, -0.05) is 11.6 Å². The van der Waals surface area contributed by atoms with Crippen molar-refractivity contribution in [2.24, 2.45) is 0 Å². The van der Waals surface area contributed by atoms with Gasteiger partial charge in [0.15, 0.2) is 0 Å². The van der Waals surface area contributed by atoms with E-state index in [1.807, 2.05) is 24.3 Å². The van der Waals surface area contributed by atoms with Gasteiger partial charge < -0.3 is 15.0 Å². The van der Waals surface area contributed by atoms with E-state index in [1.54, 1.807) is 22.1 Å². The Morgan fingerprint density at radius 2 is 2.00 bits per heavy atom.